The van der Waals surface area contributed by atoms with E-state index in [0.29, 0.717) is 38.5 Å². The van der Waals surface area contributed by atoms with E-state index < -0.39 is 5.60 Å². The summed E-state index contributed by atoms with van der Waals surface area (Å²) in [5, 5.41) is 8.42. The van der Waals surface area contributed by atoms with Gasteiger partial charge in [0.05, 0.1) is 6.61 Å². The molecule has 0 radical (unpaired) electrons. The van der Waals surface area contributed by atoms with Gasteiger partial charge in [0.15, 0.2) is 0 Å². The smallest absolute Gasteiger partial charge is 0.409 e. The lowest BCUT2D eigenvalue weighted by Crippen LogP contribution is -2.49. The van der Waals surface area contributed by atoms with E-state index in [1.54, 1.807) is 4.90 Å². The number of carbonyl (C=O) groups is 2. The maximum atomic E-state index is 13.4. The molecule has 1 N–H and O–H groups in total. The molecule has 0 atom stereocenters. The minimum Gasteiger partial charge on any atom is -0.482 e. The lowest BCUT2D eigenvalue weighted by atomic mass is 9.78. The Bertz CT molecular complexity index is 1270. The van der Waals surface area contributed by atoms with Gasteiger partial charge in [0.25, 0.3) is 0 Å². The molecule has 2 spiro atoms. The summed E-state index contributed by atoms with van der Waals surface area (Å²) in [7, 11) is 0. The number of likely N-dealkylation sites (tertiary alicyclic amines) is 2. The van der Waals surface area contributed by atoms with Gasteiger partial charge < -0.3 is 24.6 Å². The van der Waals surface area contributed by atoms with Crippen LogP contribution in [-0.2, 0) is 21.7 Å². The Morgan fingerprint density at radius 1 is 1.08 bits per heavy atom. The third-order valence-electron chi connectivity index (χ3n) is 9.67. The Hall–Kier alpha value is -3.07. The Morgan fingerprint density at radius 3 is 2.62 bits per heavy atom. The van der Waals surface area contributed by atoms with Crippen LogP contribution in [0.2, 0.25) is 0 Å². The second-order valence-corrected chi connectivity index (χ2v) is 12.5. The van der Waals surface area contributed by atoms with Crippen LogP contribution in [0.5, 0.6) is 5.75 Å². The van der Waals surface area contributed by atoms with Crippen molar-refractivity contribution in [3.05, 3.63) is 35.5 Å². The molecule has 4 aliphatic heterocycles. The van der Waals surface area contributed by atoms with Crippen LogP contribution in [0.1, 0.15) is 56.1 Å². The highest BCUT2D eigenvalue weighted by Gasteiger charge is 2.47. The topological polar surface area (TPSA) is 88.9 Å². The van der Waals surface area contributed by atoms with Crippen LogP contribution < -0.4 is 10.1 Å². The van der Waals surface area contributed by atoms with Crippen molar-refractivity contribution in [2.75, 3.05) is 45.9 Å². The van der Waals surface area contributed by atoms with Gasteiger partial charge in [-0.3, -0.25) is 9.48 Å². The molecule has 1 aromatic carbocycles. The average Bonchev–Trinajstić information content (AvgIpc) is 3.53. The third kappa shape index (κ3) is 4.68. The molecule has 208 valence electrons. The van der Waals surface area contributed by atoms with Gasteiger partial charge in [0.1, 0.15) is 23.6 Å². The standard InChI is InChI=1S/C30H39N5O4/c1-21-2-5-23-25(16-21)39-30(9-14-33(15-10-30)28(37)38-19-22-3-4-22)24-17-35(32-27(23)24)18-26(36)34-13-8-29(20-34)6-11-31-12-7-29/h2,5,16-17,22,31H,3-4,6-15,18-20H2,1H3. The number of rotatable bonds is 4. The van der Waals surface area contributed by atoms with Crippen LogP contribution in [0.4, 0.5) is 4.79 Å². The first-order valence-electron chi connectivity index (χ1n) is 14.7. The van der Waals surface area contributed by atoms with E-state index in [1.807, 2.05) is 15.8 Å². The first-order chi connectivity index (χ1) is 18.9. The fourth-order valence-electron chi connectivity index (χ4n) is 6.95. The minimum atomic E-state index is -0.572. The molecule has 39 heavy (non-hydrogen) atoms. The van der Waals surface area contributed by atoms with Crippen LogP contribution >= 0.6 is 0 Å². The summed E-state index contributed by atoms with van der Waals surface area (Å²) in [6.07, 6.45) is 8.84. The maximum absolute atomic E-state index is 13.4. The lowest BCUT2D eigenvalue weighted by molar-refractivity contribution is -0.131. The van der Waals surface area contributed by atoms with Crippen molar-refractivity contribution in [2.24, 2.45) is 11.3 Å². The van der Waals surface area contributed by atoms with Gasteiger partial charge >= 0.3 is 6.09 Å². The number of nitrogens with zero attached hydrogens (tertiary/aromatic N) is 4. The molecular weight excluding hydrogens is 494 g/mol. The number of carbonyl (C=O) groups excluding carboxylic acids is 2. The van der Waals surface area contributed by atoms with Crippen LogP contribution in [0.25, 0.3) is 11.3 Å². The van der Waals surface area contributed by atoms with Crippen LogP contribution in [0.3, 0.4) is 0 Å². The molecule has 7 rings (SSSR count). The second-order valence-electron chi connectivity index (χ2n) is 12.5. The number of hydrogen-bond donors (Lipinski definition) is 1. The molecule has 3 saturated heterocycles. The number of benzene rings is 1. The molecule has 9 nitrogen and oxygen atoms in total. The second kappa shape index (κ2) is 9.54. The minimum absolute atomic E-state index is 0.137. The Kier molecular flexibility index (Phi) is 6.10. The number of fused-ring (bicyclic) bond motifs is 4. The average molecular weight is 534 g/mol. The molecule has 0 unspecified atom stereocenters. The number of ether oxygens (including phenoxy) is 2. The van der Waals surface area contributed by atoms with Crippen molar-refractivity contribution < 1.29 is 19.1 Å². The van der Waals surface area contributed by atoms with E-state index in [4.69, 9.17) is 14.6 Å². The molecule has 5 aliphatic rings. The summed E-state index contributed by atoms with van der Waals surface area (Å²) in [5.41, 5.74) is 3.72. The first-order valence-corrected chi connectivity index (χ1v) is 14.7. The normalized spacial score (nSPS) is 22.9. The molecule has 4 fully saturated rings. The van der Waals surface area contributed by atoms with Gasteiger partial charge in [0.2, 0.25) is 5.91 Å². The van der Waals surface area contributed by atoms with Crippen molar-refractivity contribution in [1.29, 1.82) is 0 Å². The highest BCUT2D eigenvalue weighted by molar-refractivity contribution is 5.77. The van der Waals surface area contributed by atoms with E-state index in [2.05, 4.69) is 30.4 Å². The predicted molar refractivity (Wildman–Crippen MR) is 145 cm³/mol. The zero-order valence-corrected chi connectivity index (χ0v) is 22.9. The third-order valence-corrected chi connectivity index (χ3v) is 9.67. The van der Waals surface area contributed by atoms with Crippen LogP contribution in [-0.4, -0.2) is 77.5 Å². The van der Waals surface area contributed by atoms with E-state index >= 15 is 0 Å². The number of hydrogen-bond acceptors (Lipinski definition) is 6. The Labute approximate surface area is 229 Å². The molecule has 9 heteroatoms. The van der Waals surface area contributed by atoms with Crippen molar-refractivity contribution in [2.45, 2.75) is 64.0 Å². The largest absolute Gasteiger partial charge is 0.482 e. The van der Waals surface area contributed by atoms with Crippen LogP contribution in [0.15, 0.2) is 24.4 Å². The number of aryl methyl sites for hydroxylation is 1. The molecule has 2 amide bonds. The highest BCUT2D eigenvalue weighted by Crippen LogP contribution is 2.49. The van der Waals surface area contributed by atoms with Gasteiger partial charge in [-0.2, -0.15) is 5.10 Å². The van der Waals surface area contributed by atoms with E-state index in [1.165, 1.54) is 0 Å². The van der Waals surface area contributed by atoms with Crippen molar-refractivity contribution in [3.63, 3.8) is 0 Å². The molecular formula is C30H39N5O4. The molecule has 5 heterocycles. The number of nitrogens with one attached hydrogen (secondary N) is 1. The SMILES string of the molecule is Cc1ccc2c(c1)OC1(CCN(C(=O)OCC3CC3)CC1)c1cn(CC(=O)N3CCC4(CCNCC4)C3)nc1-2. The molecule has 1 aliphatic carbocycles. The van der Waals surface area contributed by atoms with Gasteiger partial charge in [-0.05, 0) is 81.1 Å². The monoisotopic (exact) mass is 533 g/mol. The Morgan fingerprint density at radius 2 is 1.85 bits per heavy atom. The maximum Gasteiger partial charge on any atom is 0.409 e. The van der Waals surface area contributed by atoms with Crippen molar-refractivity contribution in [1.82, 2.24) is 24.9 Å². The zero-order valence-electron chi connectivity index (χ0n) is 22.9. The lowest BCUT2D eigenvalue weighted by Gasteiger charge is -2.43. The Balaban J connectivity index is 1.10. The van der Waals surface area contributed by atoms with Gasteiger partial charge in [-0.15, -0.1) is 0 Å². The number of piperidine rings is 2. The van der Waals surface area contributed by atoms with E-state index in [9.17, 15) is 9.59 Å². The van der Waals surface area contributed by atoms with E-state index in [-0.39, 0.29) is 24.0 Å². The molecule has 0 bridgehead atoms. The van der Waals surface area contributed by atoms with Gasteiger partial charge in [-0.1, -0.05) is 6.07 Å². The summed E-state index contributed by atoms with van der Waals surface area (Å²) >= 11 is 0. The summed E-state index contributed by atoms with van der Waals surface area (Å²) in [6, 6.07) is 6.22. The summed E-state index contributed by atoms with van der Waals surface area (Å²) < 4.78 is 14.1. The number of aromatic nitrogens is 2. The molecule has 1 saturated carbocycles. The summed E-state index contributed by atoms with van der Waals surface area (Å²) in [4.78, 5) is 29.9. The first kappa shape index (κ1) is 24.9. The van der Waals surface area contributed by atoms with Gasteiger partial charge in [-0.25, -0.2) is 4.79 Å². The number of amides is 2. The van der Waals surface area contributed by atoms with Crippen LogP contribution in [0, 0.1) is 18.3 Å². The highest BCUT2D eigenvalue weighted by atomic mass is 16.6. The van der Waals surface area contributed by atoms with Gasteiger partial charge in [0, 0.05) is 56.3 Å². The summed E-state index contributed by atoms with van der Waals surface area (Å²) in [6.45, 7) is 7.75. The zero-order chi connectivity index (χ0) is 26.6. The molecule has 1 aromatic heterocycles. The van der Waals surface area contributed by atoms with E-state index in [0.717, 1.165) is 86.4 Å². The van der Waals surface area contributed by atoms with Crippen molar-refractivity contribution >= 4 is 12.0 Å². The van der Waals surface area contributed by atoms with Crippen molar-refractivity contribution in [3.8, 4) is 17.0 Å². The quantitative estimate of drug-likeness (QED) is 0.645. The molecule has 2 aromatic rings. The fraction of sp³-hybridized carbons (Fsp3) is 0.633. The fourth-order valence-corrected chi connectivity index (χ4v) is 6.95. The predicted octanol–water partition coefficient (Wildman–Crippen LogP) is 3.69. The summed E-state index contributed by atoms with van der Waals surface area (Å²) in [5.74, 6) is 1.52.